The first-order chi connectivity index (χ1) is 16.2. The van der Waals surface area contributed by atoms with E-state index in [0.29, 0.717) is 13.0 Å². The van der Waals surface area contributed by atoms with Crippen LogP contribution in [0, 0.1) is 17.6 Å². The lowest BCUT2D eigenvalue weighted by atomic mass is 9.77. The van der Waals surface area contributed by atoms with Crippen molar-refractivity contribution in [1.82, 2.24) is 4.98 Å². The largest absolute Gasteiger partial charge is 0.431 e. The summed E-state index contributed by atoms with van der Waals surface area (Å²) in [4.78, 5) is 28.4. The maximum absolute atomic E-state index is 14.4. The van der Waals surface area contributed by atoms with Crippen LogP contribution in [0.5, 0.6) is 5.75 Å². The van der Waals surface area contributed by atoms with E-state index in [1.807, 2.05) is 0 Å². The Morgan fingerprint density at radius 2 is 1.86 bits per heavy atom. The number of hydrogen-bond acceptors (Lipinski definition) is 5. The molecular weight excluding hydrogens is 489 g/mol. The molecule has 0 spiro atoms. The smallest absolute Gasteiger partial charge is 0.417 e. The molecule has 1 N–H and O–H groups in total. The molecular formula is C22H19F7N2O4. The quantitative estimate of drug-likeness (QED) is 0.427. The molecule has 6 nitrogen and oxygen atoms in total. The van der Waals surface area contributed by atoms with Crippen LogP contribution in [-0.4, -0.2) is 41.2 Å². The van der Waals surface area contributed by atoms with Crippen molar-refractivity contribution >= 4 is 17.4 Å². The normalized spacial score (nSPS) is 24.5. The number of anilines is 1. The van der Waals surface area contributed by atoms with Crippen molar-refractivity contribution in [2.45, 2.75) is 51.2 Å². The van der Waals surface area contributed by atoms with Crippen molar-refractivity contribution < 1.29 is 49.8 Å². The number of ketones is 1. The highest BCUT2D eigenvalue weighted by molar-refractivity contribution is 5.97. The summed E-state index contributed by atoms with van der Waals surface area (Å²) in [7, 11) is 0. The van der Waals surface area contributed by atoms with Gasteiger partial charge in [-0.05, 0) is 25.1 Å². The number of benzene rings is 1. The van der Waals surface area contributed by atoms with Crippen LogP contribution < -0.4 is 10.1 Å². The number of Topliss-reactive ketones (excluding diaryl/α,β-unsaturated/α-hetero) is 1. The van der Waals surface area contributed by atoms with Crippen molar-refractivity contribution in [3.05, 3.63) is 53.4 Å². The van der Waals surface area contributed by atoms with Gasteiger partial charge < -0.3 is 14.8 Å². The molecule has 1 saturated heterocycles. The first kappa shape index (κ1) is 26.4. The first-order valence-corrected chi connectivity index (χ1v) is 10.1. The van der Waals surface area contributed by atoms with Crippen molar-refractivity contribution in [1.29, 1.82) is 0 Å². The predicted molar refractivity (Wildman–Crippen MR) is 107 cm³/mol. The highest BCUT2D eigenvalue weighted by Crippen LogP contribution is 2.55. The van der Waals surface area contributed by atoms with Crippen molar-refractivity contribution in [2.24, 2.45) is 5.92 Å². The van der Waals surface area contributed by atoms with Gasteiger partial charge in [0.2, 0.25) is 5.82 Å². The van der Waals surface area contributed by atoms with Crippen LogP contribution in [0.3, 0.4) is 0 Å². The van der Waals surface area contributed by atoms with E-state index in [2.05, 4.69) is 15.0 Å². The minimum absolute atomic E-state index is 0.0137. The SMILES string of the molecule is CC(=O)c1cc(NC(=O)[C@@H]2O[C@@](C)(C(F)(F)F)[C@@H](C)[C@H]2c2ccc(F)c(F)c2OC(F)F)ccn1. The molecule has 0 aliphatic carbocycles. The van der Waals surface area contributed by atoms with Crippen LogP contribution in [0.2, 0.25) is 0 Å². The predicted octanol–water partition coefficient (Wildman–Crippen LogP) is 5.24. The Kier molecular flexibility index (Phi) is 7.12. The second-order valence-electron chi connectivity index (χ2n) is 8.09. The summed E-state index contributed by atoms with van der Waals surface area (Å²) in [6, 6.07) is 3.71. The Labute approximate surface area is 194 Å². The van der Waals surface area contributed by atoms with E-state index in [9.17, 15) is 40.3 Å². The molecule has 0 unspecified atom stereocenters. The molecule has 1 aliphatic heterocycles. The summed E-state index contributed by atoms with van der Waals surface area (Å²) in [5.41, 5.74) is -3.63. The molecule has 1 amide bonds. The maximum Gasteiger partial charge on any atom is 0.417 e. The number of nitrogens with one attached hydrogen (secondary N) is 1. The zero-order valence-corrected chi connectivity index (χ0v) is 18.4. The van der Waals surface area contributed by atoms with Gasteiger partial charge in [0, 0.05) is 36.2 Å². The van der Waals surface area contributed by atoms with Crippen LogP contribution in [0.4, 0.5) is 36.4 Å². The van der Waals surface area contributed by atoms with Gasteiger partial charge in [0.15, 0.2) is 23.0 Å². The average Bonchev–Trinajstić information content (AvgIpc) is 3.04. The second-order valence-corrected chi connectivity index (χ2v) is 8.09. The third-order valence-corrected chi connectivity index (χ3v) is 5.96. The number of amides is 1. The standard InChI is InChI=1S/C22H19F7N2O4/c1-9-15(12-4-5-13(23)16(24)17(12)34-20(25)26)18(35-21(9,3)22(27,28)29)19(33)31-11-6-7-30-14(8-11)10(2)32/h4-9,15,18,20H,1-3H3,(H,30,31,33)/t9-,15-,18+,21+/m0/s1. The summed E-state index contributed by atoms with van der Waals surface area (Å²) in [6.45, 7) is -0.732. The number of ether oxygens (including phenoxy) is 2. The Morgan fingerprint density at radius 3 is 2.43 bits per heavy atom. The number of halogens is 7. The lowest BCUT2D eigenvalue weighted by molar-refractivity contribution is -0.272. The van der Waals surface area contributed by atoms with E-state index < -0.39 is 71.0 Å². The van der Waals surface area contributed by atoms with Crippen LogP contribution in [0.25, 0.3) is 0 Å². The highest BCUT2D eigenvalue weighted by Gasteiger charge is 2.66. The molecule has 0 radical (unpaired) electrons. The first-order valence-electron chi connectivity index (χ1n) is 10.1. The molecule has 1 aromatic heterocycles. The minimum atomic E-state index is -5.03. The minimum Gasteiger partial charge on any atom is -0.431 e. The molecule has 1 fully saturated rings. The number of alkyl halides is 5. The van der Waals surface area contributed by atoms with Crippen LogP contribution in [0.15, 0.2) is 30.5 Å². The third-order valence-electron chi connectivity index (χ3n) is 5.96. The molecule has 4 atom stereocenters. The zero-order valence-electron chi connectivity index (χ0n) is 18.4. The highest BCUT2D eigenvalue weighted by atomic mass is 19.4. The molecule has 13 heteroatoms. The summed E-state index contributed by atoms with van der Waals surface area (Å²) >= 11 is 0. The topological polar surface area (TPSA) is 77.5 Å². The van der Waals surface area contributed by atoms with Gasteiger partial charge in [-0.1, -0.05) is 13.0 Å². The average molecular weight is 508 g/mol. The molecule has 190 valence electrons. The zero-order chi connectivity index (χ0) is 26.3. The maximum atomic E-state index is 14.4. The van der Waals surface area contributed by atoms with E-state index in [-0.39, 0.29) is 11.4 Å². The van der Waals surface area contributed by atoms with Crippen molar-refractivity contribution in [2.75, 3.05) is 5.32 Å². The van der Waals surface area contributed by atoms with E-state index in [1.54, 1.807) is 0 Å². The second kappa shape index (κ2) is 9.44. The molecule has 0 saturated carbocycles. The number of hydrogen-bond donors (Lipinski definition) is 1. The van der Waals surface area contributed by atoms with Gasteiger partial charge in [0.25, 0.3) is 5.91 Å². The Balaban J connectivity index is 2.10. The molecule has 3 rings (SSSR count). The van der Waals surface area contributed by atoms with Crippen LogP contribution in [-0.2, 0) is 9.53 Å². The molecule has 35 heavy (non-hydrogen) atoms. The fourth-order valence-electron chi connectivity index (χ4n) is 3.96. The fraction of sp³-hybridized carbons (Fsp3) is 0.409. The van der Waals surface area contributed by atoms with Crippen LogP contribution >= 0.6 is 0 Å². The number of nitrogens with zero attached hydrogens (tertiary/aromatic N) is 1. The molecule has 1 aromatic carbocycles. The molecule has 0 bridgehead atoms. The number of rotatable bonds is 6. The summed E-state index contributed by atoms with van der Waals surface area (Å²) in [5.74, 6) is -9.67. The summed E-state index contributed by atoms with van der Waals surface area (Å²) in [5, 5.41) is 2.29. The van der Waals surface area contributed by atoms with E-state index in [4.69, 9.17) is 4.74 Å². The molecule has 1 aliphatic rings. The number of carbonyl (C=O) groups excluding carboxylic acids is 2. The van der Waals surface area contributed by atoms with Gasteiger partial charge in [-0.15, -0.1) is 0 Å². The molecule has 2 aromatic rings. The number of aromatic nitrogens is 1. The third kappa shape index (κ3) is 4.95. The lowest BCUT2D eigenvalue weighted by Gasteiger charge is -2.32. The molecule has 2 heterocycles. The number of pyridine rings is 1. The van der Waals surface area contributed by atoms with Gasteiger partial charge in [-0.25, -0.2) is 4.39 Å². The summed E-state index contributed by atoms with van der Waals surface area (Å²) < 4.78 is 105. The Hall–Kier alpha value is -3.22. The van der Waals surface area contributed by atoms with Gasteiger partial charge in [0.1, 0.15) is 11.8 Å². The lowest BCUT2D eigenvalue weighted by Crippen LogP contribution is -2.47. The van der Waals surface area contributed by atoms with Gasteiger partial charge in [-0.2, -0.15) is 26.3 Å². The van der Waals surface area contributed by atoms with E-state index in [1.165, 1.54) is 25.3 Å². The van der Waals surface area contributed by atoms with Gasteiger partial charge in [-0.3, -0.25) is 14.6 Å². The Morgan fingerprint density at radius 1 is 1.20 bits per heavy atom. The van der Waals surface area contributed by atoms with E-state index in [0.717, 1.165) is 13.0 Å². The fourth-order valence-corrected chi connectivity index (χ4v) is 3.96. The van der Waals surface area contributed by atoms with Gasteiger partial charge >= 0.3 is 12.8 Å². The van der Waals surface area contributed by atoms with Crippen LogP contribution in [0.1, 0.15) is 42.7 Å². The number of carbonyl (C=O) groups is 2. The van der Waals surface area contributed by atoms with Gasteiger partial charge in [0.05, 0.1) is 0 Å². The van der Waals surface area contributed by atoms with Crippen molar-refractivity contribution in [3.63, 3.8) is 0 Å². The van der Waals surface area contributed by atoms with E-state index >= 15 is 0 Å². The van der Waals surface area contributed by atoms with Crippen molar-refractivity contribution in [3.8, 4) is 5.75 Å². The Bertz CT molecular complexity index is 1140. The summed E-state index contributed by atoms with van der Waals surface area (Å²) in [6.07, 6.45) is -5.85. The monoisotopic (exact) mass is 508 g/mol.